The van der Waals surface area contributed by atoms with E-state index in [4.69, 9.17) is 9.47 Å². The van der Waals surface area contributed by atoms with Crippen LogP contribution in [0.2, 0.25) is 0 Å². The molecule has 0 bridgehead atoms. The largest absolute Gasteiger partial charge is 0.443 e. The molecule has 6 nitrogen and oxygen atoms in total. The van der Waals surface area contributed by atoms with Crippen LogP contribution in [-0.2, 0) is 9.47 Å². The average Bonchev–Trinajstić information content (AvgIpc) is 2.37. The monoisotopic (exact) mass is 354 g/mol. The number of amides is 2. The lowest BCUT2D eigenvalue weighted by Gasteiger charge is -2.33. The zero-order chi connectivity index (χ0) is 19.1. The van der Waals surface area contributed by atoms with E-state index in [0.717, 1.165) is 0 Å². The fourth-order valence-corrected chi connectivity index (χ4v) is 1.49. The van der Waals surface area contributed by atoms with Gasteiger partial charge in [-0.05, 0) is 47.6 Å². The highest BCUT2D eigenvalue weighted by Crippen LogP contribution is 2.16. The Morgan fingerprint density at radius 2 is 1.62 bits per heavy atom. The number of halogens is 3. The molecule has 0 aliphatic heterocycles. The molecule has 0 aromatic rings. The van der Waals surface area contributed by atoms with Gasteiger partial charge in [0.1, 0.15) is 23.9 Å². The number of hydrazine groups is 1. The van der Waals surface area contributed by atoms with Crippen LogP contribution in [0.1, 0.15) is 41.5 Å². The summed E-state index contributed by atoms with van der Waals surface area (Å²) in [7, 11) is 0. The molecule has 2 amide bonds. The van der Waals surface area contributed by atoms with Gasteiger partial charge in [-0.1, -0.05) is 0 Å². The van der Waals surface area contributed by atoms with Crippen molar-refractivity contribution >= 4 is 12.2 Å². The molecule has 140 valence electrons. The van der Waals surface area contributed by atoms with Crippen LogP contribution in [0.25, 0.3) is 0 Å². The summed E-state index contributed by atoms with van der Waals surface area (Å²) in [5.74, 6) is 0. The van der Waals surface area contributed by atoms with Gasteiger partial charge in [0.05, 0.1) is 6.33 Å². The van der Waals surface area contributed by atoms with Gasteiger partial charge >= 0.3 is 12.2 Å². The Hall–Kier alpha value is -1.93. The maximum Gasteiger partial charge on any atom is 0.429 e. The lowest BCUT2D eigenvalue weighted by molar-refractivity contribution is -0.0147. The molecular formula is C15H25F3N2O4. The summed E-state index contributed by atoms with van der Waals surface area (Å²) >= 11 is 0. The third-order valence-electron chi connectivity index (χ3n) is 2.29. The standard InChI is InChI=1S/C15H25F3N2O4/c1-14(2,3)23-12(21)19-20(13(22)24-15(4,5)6)11(7-8-16)10(18)9-17/h7-8,10-11H,9H2,1-6H3,(H,19,21). The molecule has 9 heteroatoms. The number of carbonyl (C=O) groups is 2. The first-order chi connectivity index (χ1) is 10.8. The van der Waals surface area contributed by atoms with Crippen molar-refractivity contribution in [3.63, 3.8) is 0 Å². The molecular weight excluding hydrogens is 329 g/mol. The number of carbonyl (C=O) groups excluding carboxylic acids is 2. The second kappa shape index (κ2) is 8.79. The van der Waals surface area contributed by atoms with Gasteiger partial charge < -0.3 is 9.47 Å². The SMILES string of the molecule is CC(C)(C)OC(=O)NN(C(=O)OC(C)(C)C)C(C=CF)C(F)CF. The first-order valence-corrected chi connectivity index (χ1v) is 7.29. The molecule has 0 spiro atoms. The van der Waals surface area contributed by atoms with Crippen molar-refractivity contribution in [3.05, 3.63) is 12.4 Å². The number of hydrogen-bond donors (Lipinski definition) is 1. The van der Waals surface area contributed by atoms with Crippen LogP contribution in [0.5, 0.6) is 0 Å². The molecule has 0 rings (SSSR count). The van der Waals surface area contributed by atoms with E-state index < -0.39 is 42.3 Å². The Balaban J connectivity index is 5.48. The average molecular weight is 354 g/mol. The predicted molar refractivity (Wildman–Crippen MR) is 82.3 cm³/mol. The molecule has 0 saturated carbocycles. The van der Waals surface area contributed by atoms with Gasteiger partial charge in [-0.3, -0.25) is 0 Å². The summed E-state index contributed by atoms with van der Waals surface area (Å²) in [4.78, 5) is 24.0. The molecule has 2 unspecified atom stereocenters. The zero-order valence-electron chi connectivity index (χ0n) is 14.7. The summed E-state index contributed by atoms with van der Waals surface area (Å²) in [5.41, 5.74) is 0.0949. The van der Waals surface area contributed by atoms with Gasteiger partial charge in [0, 0.05) is 0 Å². The van der Waals surface area contributed by atoms with Crippen molar-refractivity contribution in [2.75, 3.05) is 6.67 Å². The third kappa shape index (κ3) is 8.64. The normalized spacial score (nSPS) is 14.9. The highest BCUT2D eigenvalue weighted by Gasteiger charge is 2.35. The highest BCUT2D eigenvalue weighted by atomic mass is 19.2. The zero-order valence-corrected chi connectivity index (χ0v) is 14.7. The van der Waals surface area contributed by atoms with E-state index in [-0.39, 0.29) is 6.33 Å². The molecule has 24 heavy (non-hydrogen) atoms. The molecule has 0 aliphatic carbocycles. The topological polar surface area (TPSA) is 67.9 Å². The van der Waals surface area contributed by atoms with Crippen molar-refractivity contribution in [1.82, 2.24) is 10.4 Å². The van der Waals surface area contributed by atoms with Crippen LogP contribution in [-0.4, -0.2) is 47.3 Å². The van der Waals surface area contributed by atoms with Crippen molar-refractivity contribution in [1.29, 1.82) is 0 Å². The first-order valence-electron chi connectivity index (χ1n) is 7.29. The lowest BCUT2D eigenvalue weighted by Crippen LogP contribution is -2.56. The molecule has 0 radical (unpaired) electrons. The minimum absolute atomic E-state index is 0.0545. The second-order valence-corrected chi connectivity index (χ2v) is 6.94. The Labute approximate surface area is 139 Å². The summed E-state index contributed by atoms with van der Waals surface area (Å²) < 4.78 is 49.0. The fourth-order valence-electron chi connectivity index (χ4n) is 1.49. The van der Waals surface area contributed by atoms with Crippen LogP contribution in [0.3, 0.4) is 0 Å². The minimum Gasteiger partial charge on any atom is -0.443 e. The number of nitrogens with zero attached hydrogens (tertiary/aromatic N) is 1. The van der Waals surface area contributed by atoms with Crippen LogP contribution >= 0.6 is 0 Å². The number of alkyl halides is 2. The van der Waals surface area contributed by atoms with E-state index in [0.29, 0.717) is 11.1 Å². The van der Waals surface area contributed by atoms with Crippen LogP contribution in [0, 0.1) is 0 Å². The molecule has 0 heterocycles. The van der Waals surface area contributed by atoms with E-state index in [9.17, 15) is 22.8 Å². The van der Waals surface area contributed by atoms with E-state index in [2.05, 4.69) is 0 Å². The Bertz CT molecular complexity index is 459. The first kappa shape index (κ1) is 22.1. The van der Waals surface area contributed by atoms with Crippen molar-refractivity contribution in [2.24, 2.45) is 0 Å². The Morgan fingerprint density at radius 3 is 2.00 bits per heavy atom. The van der Waals surface area contributed by atoms with E-state index in [1.165, 1.54) is 0 Å². The quantitative estimate of drug-likeness (QED) is 0.779. The van der Waals surface area contributed by atoms with Crippen molar-refractivity contribution in [2.45, 2.75) is 65.0 Å². The molecule has 0 aromatic carbocycles. The molecule has 0 fully saturated rings. The van der Waals surface area contributed by atoms with Gasteiger partial charge in [-0.25, -0.2) is 33.2 Å². The lowest BCUT2D eigenvalue weighted by atomic mass is 10.2. The summed E-state index contributed by atoms with van der Waals surface area (Å²) in [6.07, 6.45) is -4.03. The van der Waals surface area contributed by atoms with Gasteiger partial charge in [0.25, 0.3) is 0 Å². The molecule has 0 aromatic heterocycles. The second-order valence-electron chi connectivity index (χ2n) is 6.94. The van der Waals surface area contributed by atoms with E-state index in [1.54, 1.807) is 41.5 Å². The van der Waals surface area contributed by atoms with Crippen molar-refractivity contribution < 1.29 is 32.2 Å². The van der Waals surface area contributed by atoms with Crippen LogP contribution in [0.15, 0.2) is 12.4 Å². The third-order valence-corrected chi connectivity index (χ3v) is 2.29. The Morgan fingerprint density at radius 1 is 1.12 bits per heavy atom. The van der Waals surface area contributed by atoms with Gasteiger partial charge in [-0.15, -0.1) is 0 Å². The van der Waals surface area contributed by atoms with Gasteiger partial charge in [-0.2, -0.15) is 0 Å². The number of nitrogens with one attached hydrogen (secondary N) is 1. The summed E-state index contributed by atoms with van der Waals surface area (Å²) in [5, 5.41) is 0.361. The molecule has 0 saturated heterocycles. The molecule has 0 aliphatic rings. The van der Waals surface area contributed by atoms with Gasteiger partial charge in [0.15, 0.2) is 6.17 Å². The smallest absolute Gasteiger partial charge is 0.429 e. The summed E-state index contributed by atoms with van der Waals surface area (Å²) in [6, 6.07) is -1.75. The van der Waals surface area contributed by atoms with E-state index >= 15 is 0 Å². The fraction of sp³-hybridized carbons (Fsp3) is 0.733. The number of rotatable bonds is 4. The number of hydrogen-bond acceptors (Lipinski definition) is 4. The van der Waals surface area contributed by atoms with Gasteiger partial charge in [0.2, 0.25) is 0 Å². The maximum atomic E-state index is 13.8. The minimum atomic E-state index is -2.28. The molecule has 2 atom stereocenters. The Kier molecular flexibility index (Phi) is 8.08. The maximum absolute atomic E-state index is 13.8. The highest BCUT2D eigenvalue weighted by molar-refractivity contribution is 5.75. The van der Waals surface area contributed by atoms with Crippen molar-refractivity contribution in [3.8, 4) is 0 Å². The van der Waals surface area contributed by atoms with Crippen LogP contribution < -0.4 is 5.43 Å². The summed E-state index contributed by atoms with van der Waals surface area (Å²) in [6.45, 7) is 7.84. The number of ether oxygens (including phenoxy) is 2. The predicted octanol–water partition coefficient (Wildman–Crippen LogP) is 3.82. The van der Waals surface area contributed by atoms with E-state index in [1.807, 2.05) is 5.43 Å². The van der Waals surface area contributed by atoms with Crippen LogP contribution in [0.4, 0.5) is 22.8 Å². The molecule has 1 N–H and O–H groups in total.